The molecular weight excluding hydrogens is 298 g/mol. The number of carbonyl (C=O) groups excluding carboxylic acids is 1. The molecule has 8 nitrogen and oxygen atoms in total. The van der Waals surface area contributed by atoms with Gasteiger partial charge in [0.2, 0.25) is 5.91 Å². The number of fused-ring (bicyclic) bond motifs is 1. The molecule has 0 saturated carbocycles. The number of hydrogen-bond donors (Lipinski definition) is 2. The van der Waals surface area contributed by atoms with Crippen LogP contribution in [0.25, 0.3) is 0 Å². The van der Waals surface area contributed by atoms with Crippen LogP contribution in [0.15, 0.2) is 0 Å². The maximum Gasteiger partial charge on any atom is 0.407 e. The van der Waals surface area contributed by atoms with Gasteiger partial charge in [-0.1, -0.05) is 0 Å². The topological polar surface area (TPSA) is 102 Å². The number of piperidine rings is 1. The van der Waals surface area contributed by atoms with E-state index in [1.807, 2.05) is 4.90 Å². The fraction of sp³-hybridized carbons (Fsp3) is 0.733. The van der Waals surface area contributed by atoms with Gasteiger partial charge < -0.3 is 14.9 Å². The molecule has 0 bridgehead atoms. The van der Waals surface area contributed by atoms with Crippen molar-refractivity contribution in [2.75, 3.05) is 26.2 Å². The minimum Gasteiger partial charge on any atom is -0.465 e. The molecular formula is C15H21N5O3. The molecule has 2 aliphatic heterocycles. The molecule has 23 heavy (non-hydrogen) atoms. The standard InChI is InChI=1S/C15H21N5O3/c21-13(10-1-2-11-12(7-10)17-18-16-11)20-8-15(9-20)3-5-19(6-4-15)14(22)23/h10H,1-9H2,(H,22,23)(H,16,17,18). The Labute approximate surface area is 133 Å². The predicted octanol–water partition coefficient (Wildman–Crippen LogP) is 0.512. The highest BCUT2D eigenvalue weighted by Gasteiger charge is 2.48. The Hall–Kier alpha value is -2.12. The average Bonchev–Trinajstić information content (AvgIpc) is 2.99. The van der Waals surface area contributed by atoms with E-state index in [9.17, 15) is 9.59 Å². The van der Waals surface area contributed by atoms with E-state index in [0.717, 1.165) is 50.2 Å². The van der Waals surface area contributed by atoms with Crippen LogP contribution in [-0.4, -0.2) is 68.5 Å². The zero-order valence-electron chi connectivity index (χ0n) is 13.0. The molecule has 124 valence electrons. The number of nitrogens with one attached hydrogen (secondary N) is 1. The summed E-state index contributed by atoms with van der Waals surface area (Å²) < 4.78 is 0. The Morgan fingerprint density at radius 1 is 1.13 bits per heavy atom. The summed E-state index contributed by atoms with van der Waals surface area (Å²) in [5.41, 5.74) is 2.07. The summed E-state index contributed by atoms with van der Waals surface area (Å²) in [4.78, 5) is 27.1. The smallest absolute Gasteiger partial charge is 0.407 e. The minimum absolute atomic E-state index is 0.0176. The Morgan fingerprint density at radius 3 is 2.52 bits per heavy atom. The highest BCUT2D eigenvalue weighted by molar-refractivity contribution is 5.80. The molecule has 8 heteroatoms. The molecule has 3 aliphatic rings. The first-order chi connectivity index (χ1) is 11.1. The number of rotatable bonds is 1. The monoisotopic (exact) mass is 319 g/mol. The van der Waals surface area contributed by atoms with E-state index < -0.39 is 6.09 Å². The normalized spacial score (nSPS) is 25.8. The first-order valence-electron chi connectivity index (χ1n) is 8.21. The van der Waals surface area contributed by atoms with Crippen molar-refractivity contribution in [2.24, 2.45) is 11.3 Å². The highest BCUT2D eigenvalue weighted by atomic mass is 16.4. The number of aromatic amines is 1. The van der Waals surface area contributed by atoms with Gasteiger partial charge in [0.05, 0.1) is 11.4 Å². The van der Waals surface area contributed by atoms with Gasteiger partial charge in [-0.05, 0) is 25.7 Å². The van der Waals surface area contributed by atoms with Crippen molar-refractivity contribution >= 4 is 12.0 Å². The molecule has 2 saturated heterocycles. The number of likely N-dealkylation sites (tertiary alicyclic amines) is 2. The van der Waals surface area contributed by atoms with Crippen molar-refractivity contribution < 1.29 is 14.7 Å². The lowest BCUT2D eigenvalue weighted by molar-refractivity contribution is -0.151. The molecule has 1 aliphatic carbocycles. The Balaban J connectivity index is 1.32. The van der Waals surface area contributed by atoms with Crippen molar-refractivity contribution in [1.82, 2.24) is 25.2 Å². The van der Waals surface area contributed by atoms with E-state index in [1.54, 1.807) is 0 Å². The van der Waals surface area contributed by atoms with Crippen LogP contribution in [0.1, 0.15) is 30.7 Å². The van der Waals surface area contributed by atoms with E-state index in [1.165, 1.54) is 4.90 Å². The summed E-state index contributed by atoms with van der Waals surface area (Å²) in [6.45, 7) is 2.73. The molecule has 1 aromatic rings. The van der Waals surface area contributed by atoms with Gasteiger partial charge in [0.1, 0.15) is 0 Å². The second-order valence-electron chi connectivity index (χ2n) is 7.12. The van der Waals surface area contributed by atoms with Crippen LogP contribution >= 0.6 is 0 Å². The maximum atomic E-state index is 12.7. The maximum absolute atomic E-state index is 12.7. The van der Waals surface area contributed by atoms with E-state index in [-0.39, 0.29) is 17.2 Å². The quantitative estimate of drug-likeness (QED) is 0.785. The molecule has 1 spiro atoms. The second kappa shape index (κ2) is 5.21. The van der Waals surface area contributed by atoms with Gasteiger partial charge >= 0.3 is 6.09 Å². The lowest BCUT2D eigenvalue weighted by Gasteiger charge is -2.54. The van der Waals surface area contributed by atoms with Crippen molar-refractivity contribution in [1.29, 1.82) is 0 Å². The first kappa shape index (κ1) is 14.5. The lowest BCUT2D eigenvalue weighted by atomic mass is 9.71. The zero-order valence-corrected chi connectivity index (χ0v) is 13.0. The highest BCUT2D eigenvalue weighted by Crippen LogP contribution is 2.41. The Morgan fingerprint density at radius 2 is 1.83 bits per heavy atom. The summed E-state index contributed by atoms with van der Waals surface area (Å²) in [7, 11) is 0. The SMILES string of the molecule is O=C(O)N1CCC2(CC1)CN(C(=O)C1CCc3n[nH]nc3C1)C2. The van der Waals surface area contributed by atoms with Crippen LogP contribution in [0.5, 0.6) is 0 Å². The molecule has 4 rings (SSSR count). The number of carbonyl (C=O) groups is 2. The number of hydrogen-bond acceptors (Lipinski definition) is 4. The largest absolute Gasteiger partial charge is 0.465 e. The first-order valence-corrected chi connectivity index (χ1v) is 8.21. The number of H-pyrrole nitrogens is 1. The summed E-state index contributed by atoms with van der Waals surface area (Å²) in [5.74, 6) is 0.244. The fourth-order valence-corrected chi connectivity index (χ4v) is 4.16. The van der Waals surface area contributed by atoms with Crippen LogP contribution in [0, 0.1) is 11.3 Å². The molecule has 1 aromatic heterocycles. The summed E-state index contributed by atoms with van der Waals surface area (Å²) >= 11 is 0. The van der Waals surface area contributed by atoms with Gasteiger partial charge in [0, 0.05) is 43.9 Å². The molecule has 2 N–H and O–H groups in total. The van der Waals surface area contributed by atoms with Crippen molar-refractivity contribution in [2.45, 2.75) is 32.1 Å². The van der Waals surface area contributed by atoms with Crippen LogP contribution in [0.2, 0.25) is 0 Å². The van der Waals surface area contributed by atoms with Crippen molar-refractivity contribution in [3.05, 3.63) is 11.4 Å². The lowest BCUT2D eigenvalue weighted by Crippen LogP contribution is -2.63. The van der Waals surface area contributed by atoms with E-state index in [0.29, 0.717) is 19.5 Å². The Bertz CT molecular complexity index is 627. The average molecular weight is 319 g/mol. The number of carboxylic acid groups (broad SMARTS) is 1. The van der Waals surface area contributed by atoms with E-state index in [2.05, 4.69) is 15.4 Å². The molecule has 0 radical (unpaired) electrons. The van der Waals surface area contributed by atoms with Gasteiger partial charge in [-0.2, -0.15) is 15.4 Å². The molecule has 1 atom stereocenters. The second-order valence-corrected chi connectivity index (χ2v) is 7.12. The van der Waals surface area contributed by atoms with Gasteiger partial charge in [-0.25, -0.2) is 4.79 Å². The van der Waals surface area contributed by atoms with Crippen LogP contribution < -0.4 is 0 Å². The summed E-state index contributed by atoms with van der Waals surface area (Å²) in [6, 6.07) is 0. The number of amides is 2. The third-order valence-corrected chi connectivity index (χ3v) is 5.68. The number of nitrogens with zero attached hydrogens (tertiary/aromatic N) is 4. The van der Waals surface area contributed by atoms with Gasteiger partial charge in [0.25, 0.3) is 0 Å². The fourth-order valence-electron chi connectivity index (χ4n) is 4.16. The molecule has 2 amide bonds. The molecule has 2 fully saturated rings. The zero-order chi connectivity index (χ0) is 16.0. The van der Waals surface area contributed by atoms with Gasteiger partial charge in [-0.15, -0.1) is 0 Å². The van der Waals surface area contributed by atoms with E-state index in [4.69, 9.17) is 5.11 Å². The molecule has 0 aromatic carbocycles. The third kappa shape index (κ3) is 2.46. The van der Waals surface area contributed by atoms with Crippen LogP contribution in [0.4, 0.5) is 4.79 Å². The van der Waals surface area contributed by atoms with Crippen LogP contribution in [0.3, 0.4) is 0 Å². The van der Waals surface area contributed by atoms with Gasteiger partial charge in [-0.3, -0.25) is 4.79 Å². The summed E-state index contributed by atoms with van der Waals surface area (Å²) in [5, 5.41) is 19.9. The molecule has 3 heterocycles. The number of aryl methyl sites for hydroxylation is 1. The van der Waals surface area contributed by atoms with E-state index >= 15 is 0 Å². The predicted molar refractivity (Wildman–Crippen MR) is 79.7 cm³/mol. The summed E-state index contributed by atoms with van der Waals surface area (Å²) in [6.07, 6.45) is 3.23. The molecule has 1 unspecified atom stereocenters. The third-order valence-electron chi connectivity index (χ3n) is 5.68. The van der Waals surface area contributed by atoms with Crippen molar-refractivity contribution in [3.8, 4) is 0 Å². The van der Waals surface area contributed by atoms with Crippen LogP contribution in [-0.2, 0) is 17.6 Å². The minimum atomic E-state index is -0.835. The van der Waals surface area contributed by atoms with Gasteiger partial charge in [0.15, 0.2) is 0 Å². The number of aromatic nitrogens is 3. The van der Waals surface area contributed by atoms with Crippen molar-refractivity contribution in [3.63, 3.8) is 0 Å². The Kier molecular flexibility index (Phi) is 3.28.